The van der Waals surface area contributed by atoms with Gasteiger partial charge in [-0.1, -0.05) is 35.5 Å². The van der Waals surface area contributed by atoms with Crippen LogP contribution in [0, 0.1) is 0 Å². The van der Waals surface area contributed by atoms with Crippen molar-refractivity contribution in [2.24, 2.45) is 0 Å². The minimum atomic E-state index is -3.56. The Morgan fingerprint density at radius 2 is 2.00 bits per heavy atom. The van der Waals surface area contributed by atoms with Crippen LogP contribution in [0.2, 0.25) is 6.04 Å². The van der Waals surface area contributed by atoms with E-state index in [4.69, 9.17) is 4.43 Å². The van der Waals surface area contributed by atoms with Crippen molar-refractivity contribution in [3.05, 3.63) is 36.5 Å². The molecule has 1 aromatic carbocycles. The van der Waals surface area contributed by atoms with Gasteiger partial charge in [-0.05, 0) is 13.3 Å². The summed E-state index contributed by atoms with van der Waals surface area (Å²) in [5, 5.41) is 10.7. The third-order valence-corrected chi connectivity index (χ3v) is 5.05. The van der Waals surface area contributed by atoms with Gasteiger partial charge in [-0.15, -0.1) is 5.10 Å². The van der Waals surface area contributed by atoms with Crippen molar-refractivity contribution in [3.8, 4) is 11.3 Å². The molecule has 0 aliphatic heterocycles. The first-order valence-corrected chi connectivity index (χ1v) is 12.6. The molecule has 0 aliphatic carbocycles. The molecule has 0 aliphatic rings. The molecule has 0 spiro atoms. The Morgan fingerprint density at radius 1 is 1.33 bits per heavy atom. The number of nitrogens with zero attached hydrogens (tertiary/aromatic N) is 3. The molecule has 0 bridgehead atoms. The fraction of sp³-hybridized carbons (Fsp3) is 0.400. The number of hydrogen-bond donors (Lipinski definition) is 3. The van der Waals surface area contributed by atoms with Gasteiger partial charge in [0, 0.05) is 24.8 Å². The van der Waals surface area contributed by atoms with Crippen molar-refractivity contribution in [1.82, 2.24) is 20.3 Å². The van der Waals surface area contributed by atoms with Gasteiger partial charge in [0.15, 0.2) is 0 Å². The SMILES string of the molecule is CCO[Si](O)(O)CCCNC(=O)Cn1cc(-c2ccccc2)nn1.[Cl][Cu][Cl]. The summed E-state index contributed by atoms with van der Waals surface area (Å²) in [5.74, 6) is -0.209. The van der Waals surface area contributed by atoms with E-state index in [9.17, 15) is 14.4 Å². The second-order valence-corrected chi connectivity index (χ2v) is 9.17. The van der Waals surface area contributed by atoms with E-state index >= 15 is 0 Å². The van der Waals surface area contributed by atoms with Crippen LogP contribution in [-0.4, -0.2) is 52.4 Å². The maximum atomic E-state index is 11.9. The molecular weight excluding hydrogens is 463 g/mol. The number of aromatic nitrogens is 3. The quantitative estimate of drug-likeness (QED) is 0.370. The van der Waals surface area contributed by atoms with Crippen LogP contribution in [0.25, 0.3) is 11.3 Å². The topological polar surface area (TPSA) is 110 Å². The third-order valence-electron chi connectivity index (χ3n) is 3.29. The van der Waals surface area contributed by atoms with Crippen LogP contribution in [0.5, 0.6) is 0 Å². The van der Waals surface area contributed by atoms with E-state index in [1.807, 2.05) is 30.3 Å². The van der Waals surface area contributed by atoms with Crippen LogP contribution in [0.15, 0.2) is 36.5 Å². The number of carbonyl (C=O) groups excluding carboxylic acids is 1. The molecule has 0 unspecified atom stereocenters. The van der Waals surface area contributed by atoms with Gasteiger partial charge in [-0.3, -0.25) is 4.79 Å². The molecule has 2 rings (SSSR count). The molecule has 155 valence electrons. The molecule has 12 heteroatoms. The van der Waals surface area contributed by atoms with Crippen LogP contribution >= 0.6 is 20.2 Å². The average molecular weight is 485 g/mol. The van der Waals surface area contributed by atoms with E-state index in [0.717, 1.165) is 18.7 Å². The molecule has 8 nitrogen and oxygen atoms in total. The molecule has 2 aromatic rings. The number of hydrogen-bond acceptors (Lipinski definition) is 6. The van der Waals surface area contributed by atoms with Gasteiger partial charge in [0.2, 0.25) is 5.91 Å². The summed E-state index contributed by atoms with van der Waals surface area (Å²) in [6.45, 7) is 2.38. The normalized spacial score (nSPS) is 11.0. The number of rotatable bonds is 9. The Morgan fingerprint density at radius 3 is 2.63 bits per heavy atom. The van der Waals surface area contributed by atoms with Crippen LogP contribution in [0.3, 0.4) is 0 Å². The number of benzene rings is 1. The molecule has 3 N–H and O–H groups in total. The minimum absolute atomic E-state index is 0.0616. The van der Waals surface area contributed by atoms with Crippen molar-refractivity contribution < 1.29 is 31.9 Å². The first kappa shape index (κ1) is 24.1. The molecule has 0 radical (unpaired) electrons. The van der Waals surface area contributed by atoms with Gasteiger partial charge in [0.1, 0.15) is 12.2 Å². The molecule has 0 saturated heterocycles. The number of amides is 1. The van der Waals surface area contributed by atoms with Gasteiger partial charge >= 0.3 is 42.1 Å². The Hall–Kier alpha value is -0.974. The molecule has 1 amide bonds. The van der Waals surface area contributed by atoms with Gasteiger partial charge < -0.3 is 19.3 Å². The summed E-state index contributed by atoms with van der Waals surface area (Å²) in [6.07, 6.45) is 2.15. The summed E-state index contributed by atoms with van der Waals surface area (Å²) in [7, 11) is 5.78. The van der Waals surface area contributed by atoms with E-state index in [2.05, 4.69) is 35.8 Å². The van der Waals surface area contributed by atoms with Gasteiger partial charge in [0.05, 0.1) is 6.20 Å². The second kappa shape index (κ2) is 13.2. The van der Waals surface area contributed by atoms with Gasteiger partial charge in [-0.2, -0.15) is 0 Å². The fourth-order valence-corrected chi connectivity index (χ4v) is 3.41. The predicted molar refractivity (Wildman–Crippen MR) is 101 cm³/mol. The molecule has 0 fully saturated rings. The van der Waals surface area contributed by atoms with Gasteiger partial charge in [0.25, 0.3) is 0 Å². The first-order chi connectivity index (χ1) is 12.9. The van der Waals surface area contributed by atoms with Crippen LogP contribution in [0.4, 0.5) is 0 Å². The number of halogens is 2. The Labute approximate surface area is 173 Å². The van der Waals surface area contributed by atoms with E-state index in [-0.39, 0.29) is 25.1 Å². The number of nitrogens with one attached hydrogen (secondary N) is 1. The summed E-state index contributed by atoms with van der Waals surface area (Å²) >= 11 is 0.757. The Kier molecular flexibility index (Phi) is 11.8. The molecule has 27 heavy (non-hydrogen) atoms. The zero-order valence-electron chi connectivity index (χ0n) is 14.6. The van der Waals surface area contributed by atoms with Crippen molar-refractivity contribution >= 4 is 34.9 Å². The van der Waals surface area contributed by atoms with E-state index in [0.29, 0.717) is 18.7 Å². The standard InChI is InChI=1S/C15H22N4O4Si.2ClH.Cu/c1-2-23-24(21,22)10-6-9-16-15(20)12-19-11-14(17-18-19)13-7-4-3-5-8-13;;;/h3-5,7-8,11,21-22H,2,6,9-10,12H2,1H3,(H,16,20);2*1H;/q;;;+2/p-2. The maximum absolute atomic E-state index is 11.9. The fourth-order valence-electron chi connectivity index (χ4n) is 2.17. The zero-order valence-corrected chi connectivity index (χ0v) is 18.1. The first-order valence-electron chi connectivity index (χ1n) is 8.04. The summed E-state index contributed by atoms with van der Waals surface area (Å²) in [6, 6.07) is 9.75. The van der Waals surface area contributed by atoms with Crippen LogP contribution in [-0.2, 0) is 28.9 Å². The van der Waals surface area contributed by atoms with Crippen molar-refractivity contribution in [1.29, 1.82) is 0 Å². The Bertz CT molecular complexity index is 679. The van der Waals surface area contributed by atoms with Crippen LogP contribution in [0.1, 0.15) is 13.3 Å². The summed E-state index contributed by atoms with van der Waals surface area (Å²) in [5.41, 5.74) is 1.64. The number of carbonyl (C=O) groups is 1. The zero-order chi connectivity index (χ0) is 20.1. The molecule has 0 atom stereocenters. The predicted octanol–water partition coefficient (Wildman–Crippen LogP) is 1.79. The van der Waals surface area contributed by atoms with E-state index in [1.165, 1.54) is 4.68 Å². The van der Waals surface area contributed by atoms with Crippen molar-refractivity contribution in [3.63, 3.8) is 0 Å². The molecule has 0 saturated carbocycles. The average Bonchev–Trinajstić information content (AvgIpc) is 3.09. The second-order valence-electron chi connectivity index (χ2n) is 5.34. The summed E-state index contributed by atoms with van der Waals surface area (Å²) < 4.78 is 6.36. The Balaban J connectivity index is 0.00000114. The van der Waals surface area contributed by atoms with Crippen LogP contribution < -0.4 is 5.32 Å². The molecule has 1 aromatic heterocycles. The molecule has 1 heterocycles. The van der Waals surface area contributed by atoms with E-state index < -0.39 is 8.80 Å². The van der Waals surface area contributed by atoms with Crippen molar-refractivity contribution in [2.75, 3.05) is 13.2 Å². The van der Waals surface area contributed by atoms with Gasteiger partial charge in [-0.25, -0.2) is 4.68 Å². The third kappa shape index (κ3) is 10.2. The van der Waals surface area contributed by atoms with Crippen molar-refractivity contribution in [2.45, 2.75) is 25.9 Å². The monoisotopic (exact) mass is 483 g/mol. The molecular formula is C15H22Cl2CuN4O4Si. The van der Waals surface area contributed by atoms with E-state index in [1.54, 1.807) is 13.1 Å². The summed E-state index contributed by atoms with van der Waals surface area (Å²) in [4.78, 5) is 31.0.